The van der Waals surface area contributed by atoms with E-state index >= 15 is 0 Å². The molecular formula is C11H18O2. The second-order valence-electron chi connectivity index (χ2n) is 4.41. The largest absolute Gasteiger partial charge is 0.377 e. The number of ether oxygens (including phenoxy) is 1. The minimum atomic E-state index is 0.273. The molecule has 2 saturated carbocycles. The van der Waals surface area contributed by atoms with Crippen molar-refractivity contribution < 1.29 is 9.53 Å². The van der Waals surface area contributed by atoms with Crippen LogP contribution in [0.25, 0.3) is 0 Å². The molecule has 0 radical (unpaired) electrons. The first-order valence-corrected chi connectivity index (χ1v) is 5.48. The predicted molar refractivity (Wildman–Crippen MR) is 50.6 cm³/mol. The highest BCUT2D eigenvalue weighted by atomic mass is 16.5. The van der Waals surface area contributed by atoms with E-state index in [1.165, 1.54) is 32.1 Å². The van der Waals surface area contributed by atoms with Crippen LogP contribution in [0.2, 0.25) is 0 Å². The van der Waals surface area contributed by atoms with Crippen molar-refractivity contribution in [3.63, 3.8) is 0 Å². The summed E-state index contributed by atoms with van der Waals surface area (Å²) in [4.78, 5) is 10.7. The Hall–Kier alpha value is -0.370. The van der Waals surface area contributed by atoms with Gasteiger partial charge in [0.25, 0.3) is 0 Å². The van der Waals surface area contributed by atoms with Gasteiger partial charge in [-0.05, 0) is 18.8 Å². The average molecular weight is 182 g/mol. The summed E-state index contributed by atoms with van der Waals surface area (Å²) in [7, 11) is 0. The van der Waals surface area contributed by atoms with Gasteiger partial charge >= 0.3 is 0 Å². The fraction of sp³-hybridized carbons (Fsp3) is 0.909. The molecule has 0 amide bonds. The predicted octanol–water partition coefficient (Wildman–Crippen LogP) is 2.31. The molecule has 0 bridgehead atoms. The van der Waals surface area contributed by atoms with Gasteiger partial charge in [-0.15, -0.1) is 0 Å². The van der Waals surface area contributed by atoms with Crippen LogP contribution in [0, 0.1) is 5.92 Å². The number of rotatable bonds is 3. The summed E-state index contributed by atoms with van der Waals surface area (Å²) in [6, 6.07) is 0. The quantitative estimate of drug-likeness (QED) is 0.669. The maximum Gasteiger partial charge on any atom is 0.138 e. The number of ketones is 1. The molecular weight excluding hydrogens is 164 g/mol. The second kappa shape index (κ2) is 4.23. The van der Waals surface area contributed by atoms with E-state index in [9.17, 15) is 4.79 Å². The topological polar surface area (TPSA) is 26.3 Å². The normalized spacial score (nSPS) is 26.0. The van der Waals surface area contributed by atoms with Crippen molar-refractivity contribution in [2.24, 2.45) is 5.92 Å². The number of Topliss-reactive ketones (excluding diaryl/α,β-unsaturated/α-hetero) is 1. The average Bonchev–Trinajstić information content (AvgIpc) is 2.12. The Labute approximate surface area is 79.7 Å². The fourth-order valence-corrected chi connectivity index (χ4v) is 2.19. The lowest BCUT2D eigenvalue weighted by molar-refractivity contribution is -0.135. The molecule has 2 aliphatic rings. The lowest BCUT2D eigenvalue weighted by Crippen LogP contribution is -2.33. The van der Waals surface area contributed by atoms with Crippen molar-refractivity contribution in [2.75, 3.05) is 6.61 Å². The van der Waals surface area contributed by atoms with E-state index < -0.39 is 0 Å². The number of hydrogen-bond donors (Lipinski definition) is 0. The van der Waals surface area contributed by atoms with Crippen LogP contribution in [0.15, 0.2) is 0 Å². The van der Waals surface area contributed by atoms with E-state index in [0.29, 0.717) is 18.6 Å². The highest BCUT2D eigenvalue weighted by Gasteiger charge is 2.28. The van der Waals surface area contributed by atoms with Crippen LogP contribution in [0.5, 0.6) is 0 Å². The Morgan fingerprint density at radius 1 is 1.15 bits per heavy atom. The van der Waals surface area contributed by atoms with Gasteiger partial charge in [-0.2, -0.15) is 0 Å². The molecule has 0 aromatic carbocycles. The molecule has 74 valence electrons. The van der Waals surface area contributed by atoms with Gasteiger partial charge in [0.1, 0.15) is 5.78 Å². The minimum absolute atomic E-state index is 0.273. The summed E-state index contributed by atoms with van der Waals surface area (Å²) >= 11 is 0. The first-order chi connectivity index (χ1) is 6.34. The number of hydrogen-bond acceptors (Lipinski definition) is 2. The Morgan fingerprint density at radius 2 is 1.85 bits per heavy atom. The standard InChI is InChI=1S/C11H18O2/c12-10-6-11(7-10)13-8-9-4-2-1-3-5-9/h9,11H,1-8H2. The highest BCUT2D eigenvalue weighted by Crippen LogP contribution is 2.26. The fourth-order valence-electron chi connectivity index (χ4n) is 2.19. The van der Waals surface area contributed by atoms with Gasteiger partial charge in [-0.3, -0.25) is 4.79 Å². The van der Waals surface area contributed by atoms with E-state index in [1.54, 1.807) is 0 Å². The Bertz CT molecular complexity index is 175. The molecule has 2 aliphatic carbocycles. The summed E-state index contributed by atoms with van der Waals surface area (Å²) in [5.41, 5.74) is 0. The summed E-state index contributed by atoms with van der Waals surface area (Å²) in [6.45, 7) is 0.901. The van der Waals surface area contributed by atoms with Crippen LogP contribution in [-0.2, 0) is 9.53 Å². The molecule has 0 aliphatic heterocycles. The monoisotopic (exact) mass is 182 g/mol. The molecule has 0 unspecified atom stereocenters. The SMILES string of the molecule is O=C1CC(OCC2CCCCC2)C1. The number of carbonyl (C=O) groups excluding carboxylic acids is 1. The first-order valence-electron chi connectivity index (χ1n) is 5.48. The molecule has 2 heteroatoms. The first kappa shape index (κ1) is 9.20. The van der Waals surface area contributed by atoms with Gasteiger partial charge in [0.2, 0.25) is 0 Å². The molecule has 0 aromatic heterocycles. The van der Waals surface area contributed by atoms with Crippen LogP contribution in [-0.4, -0.2) is 18.5 Å². The van der Waals surface area contributed by atoms with Gasteiger partial charge in [-0.25, -0.2) is 0 Å². The van der Waals surface area contributed by atoms with Gasteiger partial charge < -0.3 is 4.74 Å². The Morgan fingerprint density at radius 3 is 2.46 bits per heavy atom. The van der Waals surface area contributed by atoms with Crippen LogP contribution in [0.1, 0.15) is 44.9 Å². The highest BCUT2D eigenvalue weighted by molar-refractivity contribution is 5.85. The molecule has 0 aromatic rings. The lowest BCUT2D eigenvalue weighted by atomic mass is 9.89. The molecule has 0 atom stereocenters. The molecule has 2 nitrogen and oxygen atoms in total. The van der Waals surface area contributed by atoms with Crippen LogP contribution in [0.3, 0.4) is 0 Å². The van der Waals surface area contributed by atoms with Crippen LogP contribution in [0.4, 0.5) is 0 Å². The molecule has 13 heavy (non-hydrogen) atoms. The third-order valence-electron chi connectivity index (χ3n) is 3.20. The lowest BCUT2D eigenvalue weighted by Gasteiger charge is -2.28. The van der Waals surface area contributed by atoms with E-state index in [2.05, 4.69) is 0 Å². The second-order valence-corrected chi connectivity index (χ2v) is 4.41. The summed E-state index contributed by atoms with van der Waals surface area (Å²) in [5.74, 6) is 1.15. The number of carbonyl (C=O) groups is 1. The smallest absolute Gasteiger partial charge is 0.138 e. The van der Waals surface area contributed by atoms with Gasteiger partial charge in [-0.1, -0.05) is 19.3 Å². The van der Waals surface area contributed by atoms with Crippen LogP contribution >= 0.6 is 0 Å². The molecule has 2 fully saturated rings. The molecule has 0 N–H and O–H groups in total. The zero-order chi connectivity index (χ0) is 9.10. The van der Waals surface area contributed by atoms with Gasteiger partial charge in [0.05, 0.1) is 6.10 Å². The third-order valence-corrected chi connectivity index (χ3v) is 3.20. The van der Waals surface area contributed by atoms with Crippen molar-refractivity contribution in [3.8, 4) is 0 Å². The van der Waals surface area contributed by atoms with E-state index in [0.717, 1.165) is 12.5 Å². The molecule has 0 spiro atoms. The molecule has 0 heterocycles. The van der Waals surface area contributed by atoms with Crippen molar-refractivity contribution in [1.82, 2.24) is 0 Å². The summed E-state index contributed by atoms with van der Waals surface area (Å²) in [5, 5.41) is 0. The maximum atomic E-state index is 10.7. The van der Waals surface area contributed by atoms with E-state index in [4.69, 9.17) is 4.74 Å². The van der Waals surface area contributed by atoms with Gasteiger partial charge in [0, 0.05) is 19.4 Å². The Kier molecular flexibility index (Phi) is 2.99. The maximum absolute atomic E-state index is 10.7. The zero-order valence-electron chi connectivity index (χ0n) is 8.13. The van der Waals surface area contributed by atoms with Crippen molar-refractivity contribution in [1.29, 1.82) is 0 Å². The third kappa shape index (κ3) is 2.53. The summed E-state index contributed by atoms with van der Waals surface area (Å²) < 4.78 is 5.67. The van der Waals surface area contributed by atoms with Crippen molar-refractivity contribution >= 4 is 5.78 Å². The van der Waals surface area contributed by atoms with Gasteiger partial charge in [0.15, 0.2) is 0 Å². The molecule has 2 rings (SSSR count). The minimum Gasteiger partial charge on any atom is -0.377 e. The van der Waals surface area contributed by atoms with E-state index in [-0.39, 0.29) is 6.10 Å². The zero-order valence-corrected chi connectivity index (χ0v) is 8.13. The van der Waals surface area contributed by atoms with E-state index in [1.807, 2.05) is 0 Å². The van der Waals surface area contributed by atoms with Crippen molar-refractivity contribution in [2.45, 2.75) is 51.0 Å². The molecule has 0 saturated heterocycles. The van der Waals surface area contributed by atoms with Crippen LogP contribution < -0.4 is 0 Å². The van der Waals surface area contributed by atoms with Crippen molar-refractivity contribution in [3.05, 3.63) is 0 Å². The summed E-state index contributed by atoms with van der Waals surface area (Å²) in [6.07, 6.45) is 8.43. The Balaban J connectivity index is 1.59.